The maximum atomic E-state index is 12.1. The van der Waals surface area contributed by atoms with E-state index in [1.54, 1.807) is 128 Å². The number of halogens is 4. The molecule has 8 heterocycles. The second-order valence-corrected chi connectivity index (χ2v) is 34.8. The number of carbonyl (C=O) groups is 4. The normalized spacial score (nSPS) is 10.9. The molecule has 0 bridgehead atoms. The number of aryl methyl sites for hydroxylation is 3. The van der Waals surface area contributed by atoms with E-state index in [1.165, 1.54) is 34.9 Å². The smallest absolute Gasteiger partial charge is 0.407 e. The number of benzene rings is 4. The van der Waals surface area contributed by atoms with Crippen LogP contribution in [-0.4, -0.2) is 109 Å². The Hall–Kier alpha value is -13.0. The lowest BCUT2D eigenvalue weighted by Crippen LogP contribution is -2.19. The minimum Gasteiger partial charge on any atom is -0.508 e. The third-order valence-corrected chi connectivity index (χ3v) is 16.5. The Morgan fingerprint density at radius 2 is 0.714 bits per heavy atom. The number of anilines is 8. The van der Waals surface area contributed by atoms with Gasteiger partial charge in [-0.05, 0) is 223 Å². The lowest BCUT2D eigenvalue weighted by Gasteiger charge is -2.12. The van der Waals surface area contributed by atoms with Crippen LogP contribution in [0, 0.1) is 0 Å². The average molecular weight is 1810 g/mol. The molecular formula is C89H109Cl4N17O16. The quantitative estimate of drug-likeness (QED) is 0.00642. The van der Waals surface area contributed by atoms with Gasteiger partial charge in [-0.2, -0.15) is 0 Å². The number of nitrogens with zero attached hydrogens (tertiary/aromatic N) is 9. The summed E-state index contributed by atoms with van der Waals surface area (Å²) in [5, 5.41) is 61.1. The fourth-order valence-electron chi connectivity index (χ4n) is 9.50. The highest BCUT2D eigenvalue weighted by Crippen LogP contribution is 2.31. The van der Waals surface area contributed by atoms with Crippen LogP contribution in [0.15, 0.2) is 229 Å². The monoisotopic (exact) mass is 1810 g/mol. The molecule has 0 aliphatic rings. The first kappa shape index (κ1) is 104. The van der Waals surface area contributed by atoms with Gasteiger partial charge in [-0.3, -0.25) is 30.9 Å². The summed E-state index contributed by atoms with van der Waals surface area (Å²) < 4.78 is 38.9. The fraction of sp³-hybridized carbons (Fsp3) is 0.337. The molecule has 37 heteroatoms. The second kappa shape index (κ2) is 51.3. The molecule has 0 unspecified atom stereocenters. The second-order valence-electron chi connectivity index (χ2n) is 32.4. The maximum Gasteiger partial charge on any atom is 0.407 e. The van der Waals surface area contributed by atoms with Crippen LogP contribution in [-0.2, 0) is 55.9 Å². The summed E-state index contributed by atoms with van der Waals surface area (Å²) in [5.41, 5.74) is 15.2. The molecular weight excluding hydrogens is 1700 g/mol. The number of aromatic nitrogens is 8. The number of amides is 6. The zero-order chi connectivity index (χ0) is 93.1. The van der Waals surface area contributed by atoms with E-state index in [0.29, 0.717) is 82.3 Å². The number of phenols is 2. The van der Waals surface area contributed by atoms with Crippen LogP contribution in [0.4, 0.5) is 71.0 Å². The molecule has 0 fully saturated rings. The van der Waals surface area contributed by atoms with Crippen LogP contribution >= 0.6 is 46.4 Å². The predicted molar refractivity (Wildman–Crippen MR) is 488 cm³/mol. The van der Waals surface area contributed by atoms with Crippen molar-refractivity contribution < 1.29 is 76.1 Å². The summed E-state index contributed by atoms with van der Waals surface area (Å²) in [6, 6.07) is 46.4. The van der Waals surface area contributed by atoms with Crippen molar-refractivity contribution in [3.8, 4) is 23.0 Å². The molecule has 0 aliphatic carbocycles. The molecule has 0 atom stereocenters. The number of pyridine rings is 3. The molecule has 126 heavy (non-hydrogen) atoms. The van der Waals surface area contributed by atoms with Gasteiger partial charge in [0.05, 0.1) is 13.2 Å². The van der Waals surface area contributed by atoms with Crippen molar-refractivity contribution in [1.82, 2.24) is 40.7 Å². The Balaban J connectivity index is 0.000000269. The molecule has 674 valence electrons. The van der Waals surface area contributed by atoms with Crippen LogP contribution in [0.5, 0.6) is 23.0 Å². The van der Waals surface area contributed by atoms with E-state index in [0.717, 1.165) is 55.8 Å². The van der Waals surface area contributed by atoms with E-state index in [9.17, 15) is 24.0 Å². The van der Waals surface area contributed by atoms with E-state index in [4.69, 9.17) is 93.7 Å². The van der Waals surface area contributed by atoms with Gasteiger partial charge in [0, 0.05) is 136 Å². The summed E-state index contributed by atoms with van der Waals surface area (Å²) in [5.74, 6) is 7.38. The van der Waals surface area contributed by atoms with Crippen LogP contribution in [0.25, 0.3) is 0 Å². The van der Waals surface area contributed by atoms with Gasteiger partial charge in [0.15, 0.2) is 23.3 Å². The highest BCUT2D eigenvalue weighted by Gasteiger charge is 2.26. The summed E-state index contributed by atoms with van der Waals surface area (Å²) in [6.07, 6.45) is 17.6. The standard InChI is InChI=1S/2C22H26N4O3.C14H17N3O3.C8H10N2O2.C8H11NO.C7H12N2O.C6H7NO.C2Cl4O2/c2*1-22(2,3)19-15-20(26-29-19)25-21(27)24-17-6-8-18(9-7-17)28-14-4-5-16-10-12-23-13-11-16;1-14(2,3)11-8-12(17-20-11)16-13(19)15-9-4-6-10(18)7-5-9;1-8(2,3)6-4-7(9-5-11)10-12-6;10-7-1-2-8-3-5-9-6-4-8;1-7(2,3)5-4-6(8)9-10-5;7-5-1-3-6(8)4-2-5;3-1(7)8-2(4,5)6/h2*6-13,15H,4-5,14H2,1-3H3,(H2,24,25,26,27);4-8,18H,1-3H3,(H2,15,16,17,19);4H,1-3H3;3-6,10H,1-2,7H2;4H,1-3H3,(H2,8,9);1-4,8H,7H2;. The number of nitrogens with two attached hydrogens (primary N) is 2. The van der Waals surface area contributed by atoms with Crippen molar-refractivity contribution in [1.29, 1.82) is 0 Å². The molecule has 12 rings (SSSR count). The highest BCUT2D eigenvalue weighted by atomic mass is 35.6. The molecule has 0 radical (unpaired) electrons. The molecule has 0 spiro atoms. The number of rotatable bonds is 20. The predicted octanol–water partition coefficient (Wildman–Crippen LogP) is 21.5. The third-order valence-electron chi connectivity index (χ3n) is 16.2. The largest absolute Gasteiger partial charge is 0.508 e. The number of phenolic OH excluding ortho intramolecular Hbond substituents is 2. The summed E-state index contributed by atoms with van der Waals surface area (Å²) in [7, 11) is 0. The molecule has 0 saturated heterocycles. The zero-order valence-corrected chi connectivity index (χ0v) is 75.8. The van der Waals surface area contributed by atoms with Gasteiger partial charge in [-0.15, -0.1) is 4.99 Å². The Bertz CT molecular complexity index is 5030. The maximum absolute atomic E-state index is 12.1. The first-order valence-corrected chi connectivity index (χ1v) is 40.8. The number of aromatic hydroxyl groups is 2. The molecule has 33 nitrogen and oxygen atoms in total. The number of nitrogen functional groups attached to an aromatic ring is 2. The average Bonchev–Trinajstić information content (AvgIpc) is 1.73. The highest BCUT2D eigenvalue weighted by molar-refractivity contribution is 6.69. The zero-order valence-electron chi connectivity index (χ0n) is 72.8. The van der Waals surface area contributed by atoms with E-state index in [1.807, 2.05) is 165 Å². The Kier molecular flexibility index (Phi) is 42.1. The minimum atomic E-state index is -2.04. The van der Waals surface area contributed by atoms with E-state index >= 15 is 0 Å². The first-order chi connectivity index (χ1) is 59.3. The number of hydrogen-bond donors (Lipinski definition) is 11. The van der Waals surface area contributed by atoms with Gasteiger partial charge in [0.2, 0.25) is 11.9 Å². The molecule has 0 aliphatic heterocycles. The van der Waals surface area contributed by atoms with Crippen LogP contribution in [0.3, 0.4) is 0 Å². The number of isocyanates is 1. The Morgan fingerprint density at radius 3 is 0.976 bits per heavy atom. The molecule has 8 aromatic heterocycles. The number of ether oxygens (including phenoxy) is 3. The van der Waals surface area contributed by atoms with Gasteiger partial charge in [-0.1, -0.05) is 130 Å². The molecule has 0 saturated carbocycles. The molecule has 12 aromatic rings. The van der Waals surface area contributed by atoms with Crippen molar-refractivity contribution in [2.24, 2.45) is 4.99 Å². The van der Waals surface area contributed by atoms with Crippen LogP contribution < -0.4 is 52.8 Å². The van der Waals surface area contributed by atoms with E-state index in [2.05, 4.69) is 94.0 Å². The first-order valence-electron chi connectivity index (χ1n) is 39.3. The van der Waals surface area contributed by atoms with Gasteiger partial charge in [-0.25, -0.2) is 24.0 Å². The number of nitrogens with one attached hydrogen (secondary N) is 6. The SMILES string of the molecule is CC(C)(C)c1cc(N)no1.CC(C)(C)c1cc(N=C=O)no1.CC(C)(C)c1cc(NC(=O)Nc2ccc(O)cc2)no1.CC(C)(C)c1cc(NC(=O)Nc2ccc(OCCCc3ccncc3)cc2)no1.CC(C)(C)c1cc(NC(=O)Nc2ccc(OCCCc3ccncc3)cc2)no1.Nc1ccc(O)cc1.O=C(Cl)OC(Cl)(Cl)Cl.OCCCc1ccncc1. The van der Waals surface area contributed by atoms with Crippen molar-refractivity contribution in [3.05, 3.63) is 246 Å². The molecule has 4 aromatic carbocycles. The third kappa shape index (κ3) is 43.3. The van der Waals surface area contributed by atoms with Crippen molar-refractivity contribution >= 4 is 128 Å². The number of carbonyl (C=O) groups excluding carboxylic acids is 5. The number of urea groups is 3. The number of hydrogen-bond acceptors (Lipinski definition) is 27. The molecule has 6 amide bonds. The fourth-order valence-corrected chi connectivity index (χ4v) is 9.95. The van der Waals surface area contributed by atoms with Gasteiger partial charge in [0.1, 0.15) is 51.8 Å². The Labute approximate surface area is 751 Å². The van der Waals surface area contributed by atoms with Crippen molar-refractivity contribution in [2.75, 3.05) is 63.2 Å². The summed E-state index contributed by atoms with van der Waals surface area (Å²) in [4.78, 5) is 70.9. The number of aliphatic hydroxyl groups excluding tert-OH is 1. The lowest BCUT2D eigenvalue weighted by atomic mass is 9.93. The van der Waals surface area contributed by atoms with Gasteiger partial charge in [0.25, 0.3) is 0 Å². The van der Waals surface area contributed by atoms with Crippen molar-refractivity contribution in [2.45, 2.75) is 173 Å². The lowest BCUT2D eigenvalue weighted by molar-refractivity contribution is 0.172. The molecule has 13 N–H and O–H groups in total. The van der Waals surface area contributed by atoms with Crippen molar-refractivity contribution in [3.63, 3.8) is 0 Å². The van der Waals surface area contributed by atoms with Gasteiger partial charge >= 0.3 is 27.5 Å². The van der Waals surface area contributed by atoms with Crippen LogP contribution in [0.1, 0.15) is 169 Å². The van der Waals surface area contributed by atoms with E-state index in [-0.39, 0.29) is 63.1 Å². The summed E-state index contributed by atoms with van der Waals surface area (Å²) >= 11 is 19.4. The van der Waals surface area contributed by atoms with Gasteiger partial charge < -0.3 is 79.6 Å². The number of aliphatic imine (C=N–C) groups is 1. The van der Waals surface area contributed by atoms with E-state index < -0.39 is 15.4 Å². The summed E-state index contributed by atoms with van der Waals surface area (Å²) in [6.45, 7) is 31.7. The number of aliphatic hydroxyl groups is 1. The topological polar surface area (TPSA) is 479 Å². The Morgan fingerprint density at radius 1 is 0.413 bits per heavy atom. The number of alkyl halides is 3. The minimum absolute atomic E-state index is 0.00458. The van der Waals surface area contributed by atoms with Crippen LogP contribution in [0.2, 0.25) is 0 Å².